The van der Waals surface area contributed by atoms with E-state index in [0.29, 0.717) is 15.4 Å². The van der Waals surface area contributed by atoms with Crippen LogP contribution in [-0.2, 0) is 22.4 Å². The second-order valence-electron chi connectivity index (χ2n) is 6.33. The van der Waals surface area contributed by atoms with Gasteiger partial charge in [-0.15, -0.1) is 22.7 Å². The van der Waals surface area contributed by atoms with Crippen LogP contribution in [0.2, 0.25) is 0 Å². The molecule has 1 N–H and O–H groups in total. The summed E-state index contributed by atoms with van der Waals surface area (Å²) in [6.45, 7) is 3.44. The smallest absolute Gasteiger partial charge is 0.349 e. The molecule has 0 saturated heterocycles. The van der Waals surface area contributed by atoms with Gasteiger partial charge in [0, 0.05) is 9.75 Å². The second-order valence-corrected chi connectivity index (χ2v) is 8.72. The average molecular weight is 389 g/mol. The standard InChI is InChI=1S/C19H20N2O3S2/c1-11-8-9-16(25-11)19(23)24-12(2)17(22)21-18-14(10-20)13-6-4-3-5-7-15(13)26-18/h8-9,12H,3-7H2,1-2H3,(H,21,22). The van der Waals surface area contributed by atoms with E-state index in [2.05, 4.69) is 11.4 Å². The van der Waals surface area contributed by atoms with Crippen molar-refractivity contribution in [1.82, 2.24) is 0 Å². The van der Waals surface area contributed by atoms with Gasteiger partial charge in [-0.25, -0.2) is 4.79 Å². The van der Waals surface area contributed by atoms with Crippen molar-refractivity contribution in [2.45, 2.75) is 52.1 Å². The summed E-state index contributed by atoms with van der Waals surface area (Å²) in [5.74, 6) is -0.923. The number of nitrogens with zero attached hydrogens (tertiary/aromatic N) is 1. The van der Waals surface area contributed by atoms with E-state index in [0.717, 1.165) is 36.1 Å². The zero-order valence-electron chi connectivity index (χ0n) is 14.8. The fourth-order valence-corrected chi connectivity index (χ4v) is 4.97. The third-order valence-electron chi connectivity index (χ3n) is 4.36. The van der Waals surface area contributed by atoms with Crippen LogP contribution in [0, 0.1) is 18.3 Å². The van der Waals surface area contributed by atoms with E-state index in [1.54, 1.807) is 6.07 Å². The quantitative estimate of drug-likeness (QED) is 0.620. The van der Waals surface area contributed by atoms with Crippen LogP contribution in [-0.4, -0.2) is 18.0 Å². The lowest BCUT2D eigenvalue weighted by Gasteiger charge is -2.12. The van der Waals surface area contributed by atoms with Crippen LogP contribution in [0.1, 0.15) is 56.7 Å². The number of aryl methyl sites for hydroxylation is 2. The Hall–Kier alpha value is -2.17. The Morgan fingerprint density at radius 3 is 2.69 bits per heavy atom. The number of nitrogens with one attached hydrogen (secondary N) is 1. The van der Waals surface area contributed by atoms with Gasteiger partial charge < -0.3 is 10.1 Å². The number of rotatable bonds is 4. The Morgan fingerprint density at radius 1 is 1.23 bits per heavy atom. The molecule has 1 unspecified atom stereocenters. The average Bonchev–Trinajstić information content (AvgIpc) is 3.10. The first-order valence-corrected chi connectivity index (χ1v) is 10.3. The molecule has 0 aromatic carbocycles. The number of ether oxygens (including phenoxy) is 1. The van der Waals surface area contributed by atoms with Crippen molar-refractivity contribution in [2.24, 2.45) is 0 Å². The summed E-state index contributed by atoms with van der Waals surface area (Å²) in [4.78, 5) is 27.2. The molecule has 2 aromatic heterocycles. The molecule has 2 aromatic rings. The van der Waals surface area contributed by atoms with Crippen molar-refractivity contribution >= 4 is 39.6 Å². The lowest BCUT2D eigenvalue weighted by atomic mass is 10.1. The van der Waals surface area contributed by atoms with Crippen molar-refractivity contribution in [3.05, 3.63) is 37.9 Å². The number of hydrogen-bond acceptors (Lipinski definition) is 6. The normalized spacial score (nSPS) is 14.7. The van der Waals surface area contributed by atoms with Crippen LogP contribution in [0.3, 0.4) is 0 Å². The molecule has 1 amide bonds. The molecule has 5 nitrogen and oxygen atoms in total. The first-order chi connectivity index (χ1) is 12.5. The van der Waals surface area contributed by atoms with E-state index >= 15 is 0 Å². The van der Waals surface area contributed by atoms with Crippen LogP contribution in [0.5, 0.6) is 0 Å². The predicted octanol–water partition coefficient (Wildman–Crippen LogP) is 4.44. The van der Waals surface area contributed by atoms with Gasteiger partial charge in [-0.3, -0.25) is 4.79 Å². The lowest BCUT2D eigenvalue weighted by molar-refractivity contribution is -0.123. The van der Waals surface area contributed by atoms with Crippen molar-refractivity contribution in [3.63, 3.8) is 0 Å². The van der Waals surface area contributed by atoms with E-state index in [4.69, 9.17) is 4.74 Å². The highest BCUT2D eigenvalue weighted by molar-refractivity contribution is 7.16. The highest BCUT2D eigenvalue weighted by Gasteiger charge is 2.24. The van der Waals surface area contributed by atoms with Crippen LogP contribution >= 0.6 is 22.7 Å². The van der Waals surface area contributed by atoms with Crippen molar-refractivity contribution in [3.8, 4) is 6.07 Å². The Kier molecular flexibility index (Phi) is 5.74. The minimum atomic E-state index is -0.932. The minimum Gasteiger partial charge on any atom is -0.448 e. The van der Waals surface area contributed by atoms with Gasteiger partial charge in [0.15, 0.2) is 6.10 Å². The third kappa shape index (κ3) is 3.97. The van der Waals surface area contributed by atoms with Gasteiger partial charge in [0.05, 0.1) is 5.56 Å². The zero-order valence-corrected chi connectivity index (χ0v) is 16.4. The van der Waals surface area contributed by atoms with Crippen LogP contribution in [0.4, 0.5) is 5.00 Å². The minimum absolute atomic E-state index is 0.417. The molecule has 0 spiro atoms. The summed E-state index contributed by atoms with van der Waals surface area (Å²) in [6, 6.07) is 5.76. The number of fused-ring (bicyclic) bond motifs is 1. The summed E-state index contributed by atoms with van der Waals surface area (Å²) in [7, 11) is 0. The number of carbonyl (C=O) groups excluding carboxylic acids is 2. The fourth-order valence-electron chi connectivity index (χ4n) is 2.98. The van der Waals surface area contributed by atoms with E-state index in [-0.39, 0.29) is 0 Å². The molecule has 1 aliphatic rings. The third-order valence-corrected chi connectivity index (χ3v) is 6.55. The zero-order chi connectivity index (χ0) is 18.7. The van der Waals surface area contributed by atoms with Crippen molar-refractivity contribution < 1.29 is 14.3 Å². The number of thiophene rings is 2. The molecule has 0 aliphatic heterocycles. The summed E-state index contributed by atoms with van der Waals surface area (Å²) in [5.41, 5.74) is 1.64. The van der Waals surface area contributed by atoms with Gasteiger partial charge in [0.25, 0.3) is 5.91 Å². The maximum Gasteiger partial charge on any atom is 0.349 e. The van der Waals surface area contributed by atoms with Gasteiger partial charge in [-0.2, -0.15) is 5.26 Å². The molecular formula is C19H20N2O3S2. The molecule has 0 fully saturated rings. The maximum atomic E-state index is 12.4. The number of amides is 1. The van der Waals surface area contributed by atoms with E-state index in [9.17, 15) is 14.9 Å². The summed E-state index contributed by atoms with van der Waals surface area (Å²) in [6.07, 6.45) is 4.25. The Morgan fingerprint density at radius 2 is 2.00 bits per heavy atom. The van der Waals surface area contributed by atoms with Crippen LogP contribution in [0.25, 0.3) is 0 Å². The topological polar surface area (TPSA) is 79.2 Å². The van der Waals surface area contributed by atoms with Crippen molar-refractivity contribution in [1.29, 1.82) is 5.26 Å². The molecule has 1 aliphatic carbocycles. The largest absolute Gasteiger partial charge is 0.448 e. The summed E-state index contributed by atoms with van der Waals surface area (Å²) < 4.78 is 5.26. The molecule has 0 saturated carbocycles. The highest BCUT2D eigenvalue weighted by Crippen LogP contribution is 2.37. The Balaban J connectivity index is 1.69. The number of anilines is 1. The number of carbonyl (C=O) groups is 2. The monoisotopic (exact) mass is 388 g/mol. The molecule has 7 heteroatoms. The predicted molar refractivity (Wildman–Crippen MR) is 103 cm³/mol. The molecule has 0 bridgehead atoms. The first kappa shape index (κ1) is 18.6. The van der Waals surface area contributed by atoms with Crippen LogP contribution in [0.15, 0.2) is 12.1 Å². The molecule has 136 valence electrons. The molecular weight excluding hydrogens is 368 g/mol. The molecule has 2 heterocycles. The Labute approximate surface area is 160 Å². The molecule has 0 radical (unpaired) electrons. The van der Waals surface area contributed by atoms with Gasteiger partial charge in [-0.1, -0.05) is 6.42 Å². The molecule has 3 rings (SSSR count). The van der Waals surface area contributed by atoms with E-state index in [1.165, 1.54) is 40.9 Å². The second kappa shape index (κ2) is 8.02. The van der Waals surface area contributed by atoms with Gasteiger partial charge in [0.2, 0.25) is 0 Å². The molecule has 26 heavy (non-hydrogen) atoms. The van der Waals surface area contributed by atoms with Gasteiger partial charge in [-0.05, 0) is 57.2 Å². The highest BCUT2D eigenvalue weighted by atomic mass is 32.1. The molecule has 1 atom stereocenters. The maximum absolute atomic E-state index is 12.4. The number of hydrogen-bond donors (Lipinski definition) is 1. The SMILES string of the molecule is Cc1ccc(C(=O)OC(C)C(=O)Nc2sc3c(c2C#N)CCCCC3)s1. The fraction of sp³-hybridized carbons (Fsp3) is 0.421. The Bertz CT molecular complexity index is 876. The lowest BCUT2D eigenvalue weighted by Crippen LogP contribution is -2.29. The van der Waals surface area contributed by atoms with Crippen molar-refractivity contribution in [2.75, 3.05) is 5.32 Å². The summed E-state index contributed by atoms with van der Waals surface area (Å²) in [5, 5.41) is 12.9. The summed E-state index contributed by atoms with van der Waals surface area (Å²) >= 11 is 2.80. The van der Waals surface area contributed by atoms with Gasteiger partial charge in [0.1, 0.15) is 15.9 Å². The number of nitriles is 1. The van der Waals surface area contributed by atoms with Gasteiger partial charge >= 0.3 is 5.97 Å². The first-order valence-electron chi connectivity index (χ1n) is 8.62. The van der Waals surface area contributed by atoms with E-state index in [1.807, 2.05) is 13.0 Å². The van der Waals surface area contributed by atoms with Crippen LogP contribution < -0.4 is 5.32 Å². The number of esters is 1. The van der Waals surface area contributed by atoms with E-state index < -0.39 is 18.0 Å².